The number of rotatable bonds is 4. The highest BCUT2D eigenvalue weighted by atomic mass is 35.5. The molecule has 1 aromatic heterocycles. The van der Waals surface area contributed by atoms with Crippen molar-refractivity contribution in [3.8, 4) is 0 Å². The summed E-state index contributed by atoms with van der Waals surface area (Å²) in [5.41, 5.74) is 1.61. The van der Waals surface area contributed by atoms with E-state index in [0.717, 1.165) is 5.56 Å². The van der Waals surface area contributed by atoms with Crippen LogP contribution in [0, 0.1) is 5.92 Å². The molecule has 0 bridgehead atoms. The Balaban J connectivity index is 0.00000192. The van der Waals surface area contributed by atoms with E-state index in [1.54, 1.807) is 22.0 Å². The molecule has 1 amide bonds. The van der Waals surface area contributed by atoms with Crippen molar-refractivity contribution >= 4 is 24.3 Å². The molecule has 1 unspecified atom stereocenters. The van der Waals surface area contributed by atoms with E-state index in [9.17, 15) is 9.59 Å². The van der Waals surface area contributed by atoms with Gasteiger partial charge in [0.25, 0.3) is 5.91 Å². The number of hydrogen-bond acceptors (Lipinski definition) is 3. The molecule has 1 aliphatic rings. The quantitative estimate of drug-likeness (QED) is 0.926. The van der Waals surface area contributed by atoms with Crippen molar-refractivity contribution in [1.29, 1.82) is 0 Å². The van der Waals surface area contributed by atoms with Gasteiger partial charge in [0.1, 0.15) is 0 Å². The smallest absolute Gasteiger partial charge is 0.308 e. The fraction of sp³-hybridized carbons (Fsp3) is 0.312. The number of hydrogen-bond donors (Lipinski definition) is 1. The monoisotopic (exact) mass is 335 g/mol. The minimum Gasteiger partial charge on any atom is -0.481 e. The normalized spacial score (nSPS) is 16.9. The summed E-state index contributed by atoms with van der Waals surface area (Å²) in [6.45, 7) is 1.36. The van der Waals surface area contributed by atoms with Gasteiger partial charge in [-0.05, 0) is 12.0 Å². The highest BCUT2D eigenvalue weighted by Gasteiger charge is 2.31. The van der Waals surface area contributed by atoms with Crippen LogP contribution in [0.3, 0.4) is 0 Å². The molecule has 1 aliphatic heterocycles. The van der Waals surface area contributed by atoms with Gasteiger partial charge in [-0.15, -0.1) is 12.4 Å². The van der Waals surface area contributed by atoms with Crippen LogP contribution in [0.4, 0.5) is 0 Å². The predicted molar refractivity (Wildman–Crippen MR) is 86.7 cm³/mol. The van der Waals surface area contributed by atoms with Crippen LogP contribution >= 0.6 is 12.4 Å². The summed E-state index contributed by atoms with van der Waals surface area (Å²) < 4.78 is 1.72. The average Bonchev–Trinajstić information content (AvgIpc) is 3.17. The highest BCUT2D eigenvalue weighted by molar-refractivity contribution is 5.94. The summed E-state index contributed by atoms with van der Waals surface area (Å²) in [6.07, 6.45) is 3.77. The average molecular weight is 336 g/mol. The Morgan fingerprint density at radius 1 is 1.26 bits per heavy atom. The van der Waals surface area contributed by atoms with Crippen LogP contribution in [0.15, 0.2) is 42.7 Å². The van der Waals surface area contributed by atoms with Crippen LogP contribution in [0.5, 0.6) is 0 Å². The Morgan fingerprint density at radius 3 is 2.65 bits per heavy atom. The Hall–Kier alpha value is -2.34. The van der Waals surface area contributed by atoms with E-state index in [-0.39, 0.29) is 24.9 Å². The Bertz CT molecular complexity index is 687. The number of carbonyl (C=O) groups is 2. The second-order valence-corrected chi connectivity index (χ2v) is 5.49. The molecule has 1 aromatic carbocycles. The number of carboxylic acids is 1. The minimum atomic E-state index is -0.838. The van der Waals surface area contributed by atoms with Gasteiger partial charge in [0.2, 0.25) is 0 Å². The maximum absolute atomic E-state index is 12.4. The van der Waals surface area contributed by atoms with E-state index in [4.69, 9.17) is 5.11 Å². The molecule has 7 heteroatoms. The van der Waals surface area contributed by atoms with E-state index in [1.165, 1.54) is 0 Å². The number of aliphatic carboxylic acids is 1. The predicted octanol–water partition coefficient (Wildman–Crippen LogP) is 1.90. The van der Waals surface area contributed by atoms with Gasteiger partial charge in [-0.25, -0.2) is 0 Å². The summed E-state index contributed by atoms with van der Waals surface area (Å²) >= 11 is 0. The minimum absolute atomic E-state index is 0. The lowest BCUT2D eigenvalue weighted by molar-refractivity contribution is -0.141. The third-order valence-electron chi connectivity index (χ3n) is 3.89. The summed E-state index contributed by atoms with van der Waals surface area (Å²) in [5, 5.41) is 13.2. The van der Waals surface area contributed by atoms with Crippen LogP contribution in [-0.4, -0.2) is 44.8 Å². The second-order valence-electron chi connectivity index (χ2n) is 5.49. The number of amides is 1. The Morgan fingerprint density at radius 2 is 2.00 bits per heavy atom. The first-order valence-electron chi connectivity index (χ1n) is 7.22. The SMILES string of the molecule is Cl.O=C(O)C1CCN(C(=O)c2cnn(Cc3ccccc3)c2)C1. The summed E-state index contributed by atoms with van der Waals surface area (Å²) in [6, 6.07) is 9.87. The molecule has 1 fully saturated rings. The first-order valence-corrected chi connectivity index (χ1v) is 7.22. The highest BCUT2D eigenvalue weighted by Crippen LogP contribution is 2.18. The zero-order valence-electron chi connectivity index (χ0n) is 12.5. The van der Waals surface area contributed by atoms with Crippen molar-refractivity contribution in [3.63, 3.8) is 0 Å². The third-order valence-corrected chi connectivity index (χ3v) is 3.89. The molecular formula is C16H18ClN3O3. The number of carboxylic acid groups (broad SMARTS) is 1. The fourth-order valence-corrected chi connectivity index (χ4v) is 2.66. The van der Waals surface area contributed by atoms with Crippen molar-refractivity contribution in [1.82, 2.24) is 14.7 Å². The van der Waals surface area contributed by atoms with Gasteiger partial charge >= 0.3 is 5.97 Å². The molecule has 3 rings (SSSR count). The van der Waals surface area contributed by atoms with E-state index >= 15 is 0 Å². The molecule has 0 spiro atoms. The molecule has 23 heavy (non-hydrogen) atoms. The maximum Gasteiger partial charge on any atom is 0.308 e. The molecule has 0 radical (unpaired) electrons. The van der Waals surface area contributed by atoms with Gasteiger partial charge in [-0.2, -0.15) is 5.10 Å². The lowest BCUT2D eigenvalue weighted by Crippen LogP contribution is -2.29. The zero-order valence-corrected chi connectivity index (χ0v) is 13.3. The maximum atomic E-state index is 12.4. The molecule has 2 heterocycles. The number of likely N-dealkylation sites (tertiary alicyclic amines) is 1. The van der Waals surface area contributed by atoms with Crippen molar-refractivity contribution in [2.24, 2.45) is 5.92 Å². The number of benzene rings is 1. The number of halogens is 1. The van der Waals surface area contributed by atoms with Gasteiger partial charge in [-0.1, -0.05) is 30.3 Å². The summed E-state index contributed by atoms with van der Waals surface area (Å²) in [7, 11) is 0. The van der Waals surface area contributed by atoms with Crippen LogP contribution in [0.2, 0.25) is 0 Å². The Kier molecular flexibility index (Phi) is 5.39. The molecule has 1 saturated heterocycles. The molecule has 2 aromatic rings. The first kappa shape index (κ1) is 17.0. The fourth-order valence-electron chi connectivity index (χ4n) is 2.66. The van der Waals surface area contributed by atoms with Crippen LogP contribution in [0.1, 0.15) is 22.3 Å². The van der Waals surface area contributed by atoms with E-state index in [2.05, 4.69) is 5.10 Å². The van der Waals surface area contributed by atoms with Gasteiger partial charge in [0.15, 0.2) is 0 Å². The first-order chi connectivity index (χ1) is 10.6. The van der Waals surface area contributed by atoms with Crippen LogP contribution in [-0.2, 0) is 11.3 Å². The number of aromatic nitrogens is 2. The Labute approximate surface area is 140 Å². The van der Waals surface area contributed by atoms with Crippen LogP contribution in [0.25, 0.3) is 0 Å². The van der Waals surface area contributed by atoms with Gasteiger partial charge in [0, 0.05) is 19.3 Å². The summed E-state index contributed by atoms with van der Waals surface area (Å²) in [4.78, 5) is 24.9. The van der Waals surface area contributed by atoms with Crippen molar-refractivity contribution in [2.75, 3.05) is 13.1 Å². The topological polar surface area (TPSA) is 75.4 Å². The number of carbonyl (C=O) groups excluding carboxylic acids is 1. The van der Waals surface area contributed by atoms with Crippen LogP contribution < -0.4 is 0 Å². The van der Waals surface area contributed by atoms with Crippen molar-refractivity contribution < 1.29 is 14.7 Å². The van der Waals surface area contributed by atoms with Crippen molar-refractivity contribution in [3.05, 3.63) is 53.9 Å². The third kappa shape index (κ3) is 3.90. The molecule has 1 N–H and O–H groups in total. The largest absolute Gasteiger partial charge is 0.481 e. The molecule has 122 valence electrons. The second kappa shape index (κ2) is 7.28. The zero-order chi connectivity index (χ0) is 15.5. The summed E-state index contributed by atoms with van der Waals surface area (Å²) in [5.74, 6) is -1.44. The van der Waals surface area contributed by atoms with E-state index < -0.39 is 11.9 Å². The molecule has 6 nitrogen and oxygen atoms in total. The van der Waals surface area contributed by atoms with E-state index in [1.807, 2.05) is 30.3 Å². The lowest BCUT2D eigenvalue weighted by atomic mass is 10.1. The van der Waals surface area contributed by atoms with E-state index in [0.29, 0.717) is 25.1 Å². The van der Waals surface area contributed by atoms with Crippen molar-refractivity contribution in [2.45, 2.75) is 13.0 Å². The molecule has 0 saturated carbocycles. The van der Waals surface area contributed by atoms with Gasteiger partial charge in [0.05, 0.1) is 24.2 Å². The van der Waals surface area contributed by atoms with Gasteiger partial charge in [-0.3, -0.25) is 14.3 Å². The standard InChI is InChI=1S/C16H17N3O3.ClH/c20-15(18-7-6-13(10-18)16(21)22)14-8-17-19(11-14)9-12-4-2-1-3-5-12;/h1-5,8,11,13H,6-7,9-10H2,(H,21,22);1H. The number of nitrogens with zero attached hydrogens (tertiary/aromatic N) is 3. The molecule has 1 atom stereocenters. The molecule has 0 aliphatic carbocycles. The van der Waals surface area contributed by atoms with Gasteiger partial charge < -0.3 is 10.0 Å². The molecular weight excluding hydrogens is 318 g/mol. The lowest BCUT2D eigenvalue weighted by Gasteiger charge is -2.14.